The maximum absolute atomic E-state index is 2.41. The SMILES string of the molecule is Cc1ccn(N2CCCCC2)c1. The van der Waals surface area contributed by atoms with Crippen LogP contribution in [0.3, 0.4) is 0 Å². The molecule has 0 bridgehead atoms. The van der Waals surface area contributed by atoms with E-state index in [4.69, 9.17) is 0 Å². The molecule has 0 aromatic carbocycles. The van der Waals surface area contributed by atoms with Crippen LogP contribution < -0.4 is 5.01 Å². The highest BCUT2D eigenvalue weighted by molar-refractivity contribution is 5.10. The van der Waals surface area contributed by atoms with Crippen LogP contribution in [0.4, 0.5) is 0 Å². The van der Waals surface area contributed by atoms with Crippen LogP contribution in [0, 0.1) is 6.92 Å². The van der Waals surface area contributed by atoms with Gasteiger partial charge in [-0.15, -0.1) is 0 Å². The van der Waals surface area contributed by atoms with E-state index in [2.05, 4.69) is 35.1 Å². The molecule has 0 spiro atoms. The van der Waals surface area contributed by atoms with E-state index in [-0.39, 0.29) is 0 Å². The van der Waals surface area contributed by atoms with Crippen LogP contribution in [0.5, 0.6) is 0 Å². The zero-order chi connectivity index (χ0) is 8.39. The Morgan fingerprint density at radius 2 is 1.92 bits per heavy atom. The van der Waals surface area contributed by atoms with E-state index in [1.807, 2.05) is 0 Å². The average Bonchev–Trinajstić information content (AvgIpc) is 2.54. The van der Waals surface area contributed by atoms with Crippen molar-refractivity contribution in [2.75, 3.05) is 18.1 Å². The van der Waals surface area contributed by atoms with Crippen molar-refractivity contribution in [3.63, 3.8) is 0 Å². The van der Waals surface area contributed by atoms with Gasteiger partial charge in [0.2, 0.25) is 0 Å². The third-order valence-electron chi connectivity index (χ3n) is 2.49. The molecule has 2 heterocycles. The summed E-state index contributed by atoms with van der Waals surface area (Å²) in [6.07, 6.45) is 8.44. The van der Waals surface area contributed by atoms with Gasteiger partial charge in [-0.05, 0) is 37.8 Å². The Hall–Kier alpha value is -0.920. The number of piperidine rings is 1. The number of nitrogens with zero attached hydrogens (tertiary/aromatic N) is 2. The highest BCUT2D eigenvalue weighted by Crippen LogP contribution is 2.09. The summed E-state index contributed by atoms with van der Waals surface area (Å²) in [5.74, 6) is 0. The third kappa shape index (κ3) is 1.47. The summed E-state index contributed by atoms with van der Waals surface area (Å²) in [6.45, 7) is 4.57. The molecule has 0 amide bonds. The lowest BCUT2D eigenvalue weighted by molar-refractivity contribution is 0.479. The standard InChI is InChI=1S/C10H16N2/c1-10-5-8-12(9-10)11-6-3-2-4-7-11/h5,8-9H,2-4,6-7H2,1H3. The number of aromatic nitrogens is 1. The van der Waals surface area contributed by atoms with Gasteiger partial charge in [0.25, 0.3) is 0 Å². The van der Waals surface area contributed by atoms with Crippen LogP contribution >= 0.6 is 0 Å². The molecule has 66 valence electrons. The van der Waals surface area contributed by atoms with Gasteiger partial charge in [-0.1, -0.05) is 0 Å². The molecule has 2 heteroatoms. The lowest BCUT2D eigenvalue weighted by Gasteiger charge is -2.29. The summed E-state index contributed by atoms with van der Waals surface area (Å²) in [7, 11) is 0. The summed E-state index contributed by atoms with van der Waals surface area (Å²) in [4.78, 5) is 0. The van der Waals surface area contributed by atoms with E-state index in [9.17, 15) is 0 Å². The van der Waals surface area contributed by atoms with Gasteiger partial charge < -0.3 is 5.01 Å². The second-order valence-corrected chi connectivity index (χ2v) is 3.58. The molecule has 0 N–H and O–H groups in total. The Balaban J connectivity index is 2.08. The lowest BCUT2D eigenvalue weighted by atomic mass is 10.2. The zero-order valence-corrected chi connectivity index (χ0v) is 7.66. The first-order chi connectivity index (χ1) is 5.86. The molecule has 2 nitrogen and oxygen atoms in total. The van der Waals surface area contributed by atoms with Gasteiger partial charge in [0.1, 0.15) is 0 Å². The van der Waals surface area contributed by atoms with Crippen LogP contribution in [0.15, 0.2) is 18.5 Å². The lowest BCUT2D eigenvalue weighted by Crippen LogP contribution is -2.38. The fourth-order valence-electron chi connectivity index (χ4n) is 1.77. The van der Waals surface area contributed by atoms with Gasteiger partial charge in [0, 0.05) is 25.5 Å². The number of rotatable bonds is 1. The fraction of sp³-hybridized carbons (Fsp3) is 0.600. The molecule has 0 aliphatic carbocycles. The Kier molecular flexibility index (Phi) is 2.07. The molecule has 1 fully saturated rings. The van der Waals surface area contributed by atoms with E-state index in [1.165, 1.54) is 37.9 Å². The van der Waals surface area contributed by atoms with Crippen LogP contribution in [0.2, 0.25) is 0 Å². The van der Waals surface area contributed by atoms with Crippen molar-refractivity contribution in [1.29, 1.82) is 0 Å². The Labute approximate surface area is 73.8 Å². The molecule has 0 unspecified atom stereocenters. The van der Waals surface area contributed by atoms with Gasteiger partial charge in [0.15, 0.2) is 0 Å². The molecule has 0 atom stereocenters. The molecule has 0 radical (unpaired) electrons. The summed E-state index contributed by atoms with van der Waals surface area (Å²) >= 11 is 0. The number of aryl methyl sites for hydroxylation is 1. The van der Waals surface area contributed by atoms with Gasteiger partial charge >= 0.3 is 0 Å². The third-order valence-corrected chi connectivity index (χ3v) is 2.49. The first-order valence-corrected chi connectivity index (χ1v) is 4.76. The number of hydrogen-bond donors (Lipinski definition) is 0. The average molecular weight is 164 g/mol. The minimum Gasteiger partial charge on any atom is -0.313 e. The van der Waals surface area contributed by atoms with Crippen LogP contribution in [0.25, 0.3) is 0 Å². The molecule has 1 aromatic rings. The highest BCUT2D eigenvalue weighted by atomic mass is 15.5. The second-order valence-electron chi connectivity index (χ2n) is 3.58. The smallest absolute Gasteiger partial charge is 0.0344 e. The van der Waals surface area contributed by atoms with Crippen molar-refractivity contribution >= 4 is 0 Å². The monoisotopic (exact) mass is 164 g/mol. The minimum atomic E-state index is 1.22. The minimum absolute atomic E-state index is 1.22. The van der Waals surface area contributed by atoms with E-state index < -0.39 is 0 Å². The zero-order valence-electron chi connectivity index (χ0n) is 7.66. The highest BCUT2D eigenvalue weighted by Gasteiger charge is 2.09. The van der Waals surface area contributed by atoms with E-state index in [0.29, 0.717) is 0 Å². The second kappa shape index (κ2) is 3.21. The summed E-state index contributed by atoms with van der Waals surface area (Å²) in [5.41, 5.74) is 1.35. The molecule has 1 aliphatic heterocycles. The molecule has 1 aromatic heterocycles. The first kappa shape index (κ1) is 7.71. The molecule has 1 saturated heterocycles. The van der Waals surface area contributed by atoms with Gasteiger partial charge in [-0.25, -0.2) is 0 Å². The van der Waals surface area contributed by atoms with E-state index in [0.717, 1.165) is 0 Å². The quantitative estimate of drug-likeness (QED) is 0.615. The largest absolute Gasteiger partial charge is 0.313 e. The Morgan fingerprint density at radius 3 is 2.50 bits per heavy atom. The van der Waals surface area contributed by atoms with Gasteiger partial charge in [-0.2, -0.15) is 0 Å². The normalized spacial score (nSPS) is 18.2. The van der Waals surface area contributed by atoms with Crippen LogP contribution in [-0.4, -0.2) is 17.8 Å². The molecular formula is C10H16N2. The summed E-state index contributed by atoms with van der Waals surface area (Å²) in [6, 6.07) is 2.16. The Morgan fingerprint density at radius 1 is 1.17 bits per heavy atom. The fourth-order valence-corrected chi connectivity index (χ4v) is 1.77. The van der Waals surface area contributed by atoms with Crippen molar-refractivity contribution in [1.82, 2.24) is 4.68 Å². The van der Waals surface area contributed by atoms with Crippen molar-refractivity contribution in [3.8, 4) is 0 Å². The first-order valence-electron chi connectivity index (χ1n) is 4.76. The maximum atomic E-state index is 2.41. The predicted octanol–water partition coefficient (Wildman–Crippen LogP) is 1.92. The molecule has 12 heavy (non-hydrogen) atoms. The van der Waals surface area contributed by atoms with Gasteiger partial charge in [-0.3, -0.25) is 4.68 Å². The maximum Gasteiger partial charge on any atom is 0.0344 e. The molecule has 1 aliphatic rings. The van der Waals surface area contributed by atoms with Crippen LogP contribution in [-0.2, 0) is 0 Å². The van der Waals surface area contributed by atoms with Crippen LogP contribution in [0.1, 0.15) is 24.8 Å². The van der Waals surface area contributed by atoms with Crippen molar-refractivity contribution < 1.29 is 0 Å². The van der Waals surface area contributed by atoms with E-state index >= 15 is 0 Å². The summed E-state index contributed by atoms with van der Waals surface area (Å²) < 4.78 is 2.23. The molecular weight excluding hydrogens is 148 g/mol. The molecule has 0 saturated carbocycles. The van der Waals surface area contributed by atoms with E-state index in [1.54, 1.807) is 0 Å². The van der Waals surface area contributed by atoms with Gasteiger partial charge in [0.05, 0.1) is 0 Å². The topological polar surface area (TPSA) is 8.17 Å². The summed E-state index contributed by atoms with van der Waals surface area (Å²) in [5, 5.41) is 2.41. The molecule has 2 rings (SSSR count). The van der Waals surface area contributed by atoms with Crippen molar-refractivity contribution in [2.24, 2.45) is 0 Å². The Bertz CT molecular complexity index is 246. The van der Waals surface area contributed by atoms with Crippen molar-refractivity contribution in [3.05, 3.63) is 24.0 Å². The number of hydrogen-bond acceptors (Lipinski definition) is 1. The van der Waals surface area contributed by atoms with Crippen molar-refractivity contribution in [2.45, 2.75) is 26.2 Å². The predicted molar refractivity (Wildman–Crippen MR) is 51.0 cm³/mol.